The largest absolute Gasteiger partial charge is 0.476 e. The molecule has 0 aromatic carbocycles. The summed E-state index contributed by atoms with van der Waals surface area (Å²) < 4.78 is 0.679. The van der Waals surface area contributed by atoms with Crippen LogP contribution in [0.4, 0.5) is 0 Å². The van der Waals surface area contributed by atoms with E-state index in [9.17, 15) is 9.90 Å². The second-order valence-corrected chi connectivity index (χ2v) is 8.71. The number of thiazole rings is 1. The van der Waals surface area contributed by atoms with Gasteiger partial charge in [-0.25, -0.2) is 9.78 Å². The van der Waals surface area contributed by atoms with Crippen LogP contribution >= 0.6 is 27.3 Å². The molecule has 0 atom stereocenters. The predicted octanol–water partition coefficient (Wildman–Crippen LogP) is 4.92. The van der Waals surface area contributed by atoms with E-state index in [2.05, 4.69) is 41.7 Å². The molecule has 1 heterocycles. The molecule has 0 aliphatic heterocycles. The number of carboxylic acids is 1. The van der Waals surface area contributed by atoms with E-state index in [4.69, 9.17) is 0 Å². The Kier molecular flexibility index (Phi) is 4.35. The molecule has 1 saturated carbocycles. The van der Waals surface area contributed by atoms with Crippen LogP contribution in [0.25, 0.3) is 0 Å². The standard InChI is InChI=1S/C14H20BrNO2S/c1-14(2,3)9-6-4-8(5-7-9)11-10(12(17)18)16-13(15)19-11/h8-9H,4-7H2,1-3H3,(H,17,18). The number of hydrogen-bond acceptors (Lipinski definition) is 3. The van der Waals surface area contributed by atoms with Crippen LogP contribution in [0.2, 0.25) is 0 Å². The van der Waals surface area contributed by atoms with Gasteiger partial charge in [0, 0.05) is 4.88 Å². The topological polar surface area (TPSA) is 50.2 Å². The minimum Gasteiger partial charge on any atom is -0.476 e. The zero-order chi connectivity index (χ0) is 14.2. The number of aromatic carboxylic acids is 1. The lowest BCUT2D eigenvalue weighted by Gasteiger charge is -2.36. The van der Waals surface area contributed by atoms with Crippen LogP contribution in [-0.2, 0) is 0 Å². The van der Waals surface area contributed by atoms with Crippen molar-refractivity contribution in [1.29, 1.82) is 0 Å². The van der Waals surface area contributed by atoms with Crippen LogP contribution in [0.3, 0.4) is 0 Å². The summed E-state index contributed by atoms with van der Waals surface area (Å²) in [6, 6.07) is 0. The van der Waals surface area contributed by atoms with Gasteiger partial charge in [-0.05, 0) is 58.9 Å². The van der Waals surface area contributed by atoms with E-state index in [0.29, 0.717) is 15.2 Å². The fraction of sp³-hybridized carbons (Fsp3) is 0.714. The van der Waals surface area contributed by atoms with E-state index in [0.717, 1.165) is 23.6 Å². The summed E-state index contributed by atoms with van der Waals surface area (Å²) in [5.74, 6) is 0.205. The number of halogens is 1. The molecule has 5 heteroatoms. The second kappa shape index (κ2) is 5.52. The first-order chi connectivity index (χ1) is 8.79. The average molecular weight is 346 g/mol. The normalized spacial score (nSPS) is 24.4. The summed E-state index contributed by atoms with van der Waals surface area (Å²) in [5, 5.41) is 9.21. The van der Waals surface area contributed by atoms with E-state index < -0.39 is 5.97 Å². The molecule has 3 nitrogen and oxygen atoms in total. The Morgan fingerprint density at radius 1 is 1.32 bits per heavy atom. The fourth-order valence-corrected chi connectivity index (χ4v) is 4.61. The fourth-order valence-electron chi connectivity index (χ4n) is 2.96. The van der Waals surface area contributed by atoms with Crippen LogP contribution < -0.4 is 0 Å². The van der Waals surface area contributed by atoms with E-state index >= 15 is 0 Å². The average Bonchev–Trinajstić information content (AvgIpc) is 2.70. The Morgan fingerprint density at radius 3 is 2.37 bits per heavy atom. The van der Waals surface area contributed by atoms with Gasteiger partial charge in [0.2, 0.25) is 0 Å². The minimum absolute atomic E-state index is 0.246. The van der Waals surface area contributed by atoms with Crippen molar-refractivity contribution in [1.82, 2.24) is 4.98 Å². The van der Waals surface area contributed by atoms with Gasteiger partial charge in [0.15, 0.2) is 9.61 Å². The lowest BCUT2D eigenvalue weighted by atomic mass is 9.69. The first kappa shape index (κ1) is 15.0. The van der Waals surface area contributed by atoms with Gasteiger partial charge < -0.3 is 5.11 Å². The maximum absolute atomic E-state index is 11.2. The summed E-state index contributed by atoms with van der Waals surface area (Å²) in [7, 11) is 0. The van der Waals surface area contributed by atoms with Gasteiger partial charge in [0.1, 0.15) is 0 Å². The molecule has 1 N–H and O–H groups in total. The lowest BCUT2D eigenvalue weighted by Crippen LogP contribution is -2.25. The van der Waals surface area contributed by atoms with Crippen molar-refractivity contribution < 1.29 is 9.90 Å². The van der Waals surface area contributed by atoms with E-state index in [1.54, 1.807) is 0 Å². The molecule has 0 spiro atoms. The quantitative estimate of drug-likeness (QED) is 0.827. The summed E-state index contributed by atoms with van der Waals surface area (Å²) in [6.45, 7) is 6.89. The molecule has 1 aromatic rings. The summed E-state index contributed by atoms with van der Waals surface area (Å²) >= 11 is 4.79. The minimum atomic E-state index is -0.908. The van der Waals surface area contributed by atoms with Crippen molar-refractivity contribution in [3.63, 3.8) is 0 Å². The highest BCUT2D eigenvalue weighted by atomic mass is 79.9. The molecule has 19 heavy (non-hydrogen) atoms. The molecular weight excluding hydrogens is 326 g/mol. The first-order valence-electron chi connectivity index (χ1n) is 6.68. The SMILES string of the molecule is CC(C)(C)C1CCC(c2sc(Br)nc2C(=O)O)CC1. The van der Waals surface area contributed by atoms with Crippen LogP contribution in [-0.4, -0.2) is 16.1 Å². The van der Waals surface area contributed by atoms with Gasteiger partial charge in [-0.2, -0.15) is 0 Å². The van der Waals surface area contributed by atoms with Crippen molar-refractivity contribution in [2.45, 2.75) is 52.4 Å². The monoisotopic (exact) mass is 345 g/mol. The number of aromatic nitrogens is 1. The van der Waals surface area contributed by atoms with Gasteiger partial charge in [-0.1, -0.05) is 20.8 Å². The molecule has 2 rings (SSSR count). The Bertz CT molecular complexity index is 470. The Labute approximate surface area is 126 Å². The molecular formula is C14H20BrNO2S. The molecule has 0 radical (unpaired) electrons. The van der Waals surface area contributed by atoms with Gasteiger partial charge in [0.25, 0.3) is 0 Å². The van der Waals surface area contributed by atoms with Crippen LogP contribution in [0.5, 0.6) is 0 Å². The molecule has 1 aliphatic carbocycles. The van der Waals surface area contributed by atoms with Gasteiger partial charge in [0.05, 0.1) is 0 Å². The van der Waals surface area contributed by atoms with Crippen LogP contribution in [0, 0.1) is 11.3 Å². The van der Waals surface area contributed by atoms with E-state index in [1.807, 2.05) is 0 Å². The Hall–Kier alpha value is -0.420. The molecule has 0 saturated heterocycles. The Balaban J connectivity index is 2.12. The molecule has 1 aliphatic rings. The third kappa shape index (κ3) is 3.37. The van der Waals surface area contributed by atoms with Crippen molar-refractivity contribution in [2.24, 2.45) is 11.3 Å². The van der Waals surface area contributed by atoms with Crippen LogP contribution in [0.1, 0.15) is 67.7 Å². The molecule has 1 aromatic heterocycles. The smallest absolute Gasteiger partial charge is 0.355 e. The highest BCUT2D eigenvalue weighted by Gasteiger charge is 2.33. The third-order valence-corrected chi connectivity index (χ3v) is 5.82. The number of nitrogens with zero attached hydrogens (tertiary/aromatic N) is 1. The maximum atomic E-state index is 11.2. The maximum Gasteiger partial charge on any atom is 0.355 e. The zero-order valence-electron chi connectivity index (χ0n) is 11.6. The van der Waals surface area contributed by atoms with Crippen molar-refractivity contribution in [2.75, 3.05) is 0 Å². The molecule has 0 bridgehead atoms. The van der Waals surface area contributed by atoms with Crippen molar-refractivity contribution in [3.05, 3.63) is 14.5 Å². The van der Waals surface area contributed by atoms with E-state index in [1.165, 1.54) is 24.2 Å². The predicted molar refractivity (Wildman–Crippen MR) is 80.9 cm³/mol. The number of carboxylic acid groups (broad SMARTS) is 1. The summed E-state index contributed by atoms with van der Waals surface area (Å²) in [4.78, 5) is 16.3. The first-order valence-corrected chi connectivity index (χ1v) is 8.29. The van der Waals surface area contributed by atoms with Gasteiger partial charge in [-0.15, -0.1) is 11.3 Å². The van der Waals surface area contributed by atoms with Gasteiger partial charge in [-0.3, -0.25) is 0 Å². The van der Waals surface area contributed by atoms with Crippen molar-refractivity contribution in [3.8, 4) is 0 Å². The molecule has 106 valence electrons. The van der Waals surface area contributed by atoms with Crippen LogP contribution in [0.15, 0.2) is 3.92 Å². The third-order valence-electron chi connectivity index (χ3n) is 4.15. The second-order valence-electron chi connectivity index (χ2n) is 6.40. The molecule has 0 unspecified atom stereocenters. The zero-order valence-corrected chi connectivity index (χ0v) is 14.0. The number of rotatable bonds is 2. The molecule has 0 amide bonds. The van der Waals surface area contributed by atoms with E-state index in [-0.39, 0.29) is 5.69 Å². The summed E-state index contributed by atoms with van der Waals surface area (Å²) in [5.41, 5.74) is 0.602. The van der Waals surface area contributed by atoms with Crippen molar-refractivity contribution >= 4 is 33.2 Å². The number of carbonyl (C=O) groups is 1. The highest BCUT2D eigenvalue weighted by molar-refractivity contribution is 9.11. The summed E-state index contributed by atoms with van der Waals surface area (Å²) in [6.07, 6.45) is 4.53. The Morgan fingerprint density at radius 2 is 1.89 bits per heavy atom. The van der Waals surface area contributed by atoms with Gasteiger partial charge >= 0.3 is 5.97 Å². The number of hydrogen-bond donors (Lipinski definition) is 1. The highest BCUT2D eigenvalue weighted by Crippen LogP contribution is 2.45. The molecule has 1 fully saturated rings. The lowest BCUT2D eigenvalue weighted by molar-refractivity contribution is 0.0688.